The third-order valence-corrected chi connectivity index (χ3v) is 3.31. The van der Waals surface area contributed by atoms with Crippen LogP contribution in [0.25, 0.3) is 0 Å². The van der Waals surface area contributed by atoms with Gasteiger partial charge in [0.25, 0.3) is 0 Å². The van der Waals surface area contributed by atoms with Crippen molar-refractivity contribution in [2.45, 2.75) is 51.4 Å². The van der Waals surface area contributed by atoms with Gasteiger partial charge >= 0.3 is 0 Å². The van der Waals surface area contributed by atoms with Gasteiger partial charge < -0.3 is 5.73 Å². The molecule has 1 amide bonds. The first-order valence-corrected chi connectivity index (χ1v) is 5.45. The third kappa shape index (κ3) is 2.51. The molecule has 0 atom stereocenters. The number of hydrogen-bond acceptors (Lipinski definition) is 1. The van der Waals surface area contributed by atoms with Crippen LogP contribution < -0.4 is 5.73 Å². The maximum absolute atomic E-state index is 11.4. The molecule has 2 N–H and O–H groups in total. The molecule has 0 bridgehead atoms. The Labute approximate surface area is 86.2 Å². The van der Waals surface area contributed by atoms with Gasteiger partial charge in [-0.3, -0.25) is 4.79 Å². The summed E-state index contributed by atoms with van der Waals surface area (Å²) in [5.41, 5.74) is 5.27. The van der Waals surface area contributed by atoms with E-state index in [1.54, 1.807) is 0 Å². The molecule has 1 fully saturated rings. The summed E-state index contributed by atoms with van der Waals surface area (Å²) in [7, 11) is 0. The molecule has 0 heterocycles. The maximum Gasteiger partial charge on any atom is 0.223 e. The van der Waals surface area contributed by atoms with Crippen LogP contribution in [0.3, 0.4) is 0 Å². The summed E-state index contributed by atoms with van der Waals surface area (Å²) >= 11 is 0. The van der Waals surface area contributed by atoms with Crippen LogP contribution in [0.4, 0.5) is 0 Å². The van der Waals surface area contributed by atoms with E-state index in [-0.39, 0.29) is 11.3 Å². The molecule has 78 valence electrons. The molecule has 0 radical (unpaired) electrons. The zero-order valence-corrected chi connectivity index (χ0v) is 8.72. The average Bonchev–Trinajstić information content (AvgIpc) is 2.19. The fourth-order valence-electron chi connectivity index (χ4n) is 2.38. The van der Waals surface area contributed by atoms with Crippen LogP contribution in [0.2, 0.25) is 0 Å². The van der Waals surface area contributed by atoms with Gasteiger partial charge in [0.1, 0.15) is 0 Å². The number of amides is 1. The summed E-state index contributed by atoms with van der Waals surface area (Å²) in [6.07, 6.45) is 13.2. The summed E-state index contributed by atoms with van der Waals surface area (Å²) < 4.78 is 0. The number of unbranched alkanes of at least 4 members (excludes halogenated alkanes) is 1. The average molecular weight is 193 g/mol. The fraction of sp³-hybridized carbons (Fsp3) is 0.750. The van der Waals surface area contributed by atoms with Crippen LogP contribution in [-0.2, 0) is 4.79 Å². The summed E-state index contributed by atoms with van der Waals surface area (Å²) in [5.74, 6) is 2.49. The lowest BCUT2D eigenvalue weighted by molar-refractivity contribution is -0.130. The first kappa shape index (κ1) is 11.1. The second-order valence-electron chi connectivity index (χ2n) is 4.26. The van der Waals surface area contributed by atoms with Gasteiger partial charge in [-0.25, -0.2) is 0 Å². The van der Waals surface area contributed by atoms with E-state index in [4.69, 9.17) is 12.2 Å². The number of hydrogen-bond donors (Lipinski definition) is 1. The zero-order valence-electron chi connectivity index (χ0n) is 8.72. The highest BCUT2D eigenvalue weighted by atomic mass is 16.1. The van der Waals surface area contributed by atoms with Gasteiger partial charge in [0.2, 0.25) is 5.91 Å². The molecule has 1 aliphatic rings. The largest absolute Gasteiger partial charge is 0.369 e. The van der Waals surface area contributed by atoms with Gasteiger partial charge in [0, 0.05) is 11.8 Å². The number of rotatable bonds is 4. The summed E-state index contributed by atoms with van der Waals surface area (Å²) in [6.45, 7) is 0. The van der Waals surface area contributed by atoms with Crippen LogP contribution in [0.15, 0.2) is 0 Å². The molecular formula is C12H19NO. The van der Waals surface area contributed by atoms with Crippen LogP contribution in [-0.4, -0.2) is 5.91 Å². The van der Waals surface area contributed by atoms with Gasteiger partial charge in [0.15, 0.2) is 0 Å². The Kier molecular flexibility index (Phi) is 4.00. The fourth-order valence-corrected chi connectivity index (χ4v) is 2.38. The quantitative estimate of drug-likeness (QED) is 0.540. The lowest BCUT2D eigenvalue weighted by atomic mass is 9.70. The lowest BCUT2D eigenvalue weighted by Crippen LogP contribution is -2.38. The van der Waals surface area contributed by atoms with E-state index >= 15 is 0 Å². The number of nitrogens with two attached hydrogens (primary N) is 1. The van der Waals surface area contributed by atoms with Crippen molar-refractivity contribution < 1.29 is 4.79 Å². The minimum atomic E-state index is -0.227. The topological polar surface area (TPSA) is 43.1 Å². The van der Waals surface area contributed by atoms with Crippen molar-refractivity contribution in [2.75, 3.05) is 0 Å². The highest BCUT2D eigenvalue weighted by molar-refractivity contribution is 5.80. The SMILES string of the molecule is C#CCCCC1(C(N)=O)CCCCC1. The molecule has 1 aliphatic carbocycles. The van der Waals surface area contributed by atoms with E-state index in [9.17, 15) is 4.79 Å². The van der Waals surface area contributed by atoms with E-state index < -0.39 is 0 Å². The Balaban J connectivity index is 2.53. The van der Waals surface area contributed by atoms with Crippen LogP contribution in [0, 0.1) is 17.8 Å². The van der Waals surface area contributed by atoms with Gasteiger partial charge in [-0.2, -0.15) is 0 Å². The smallest absolute Gasteiger partial charge is 0.223 e. The maximum atomic E-state index is 11.4. The molecule has 2 heteroatoms. The third-order valence-electron chi connectivity index (χ3n) is 3.31. The van der Waals surface area contributed by atoms with E-state index in [1.165, 1.54) is 6.42 Å². The Bertz CT molecular complexity index is 233. The molecule has 0 aromatic carbocycles. The molecule has 0 unspecified atom stereocenters. The molecular weight excluding hydrogens is 174 g/mol. The highest BCUT2D eigenvalue weighted by Gasteiger charge is 2.36. The Morgan fingerprint density at radius 2 is 2.00 bits per heavy atom. The van der Waals surface area contributed by atoms with E-state index in [1.807, 2.05) is 0 Å². The second kappa shape index (κ2) is 5.05. The number of carbonyl (C=O) groups excluding carboxylic acids is 1. The molecule has 0 aromatic rings. The Morgan fingerprint density at radius 3 is 2.50 bits per heavy atom. The number of primary amides is 1. The monoisotopic (exact) mass is 193 g/mol. The van der Waals surface area contributed by atoms with Gasteiger partial charge in [-0.1, -0.05) is 19.3 Å². The highest BCUT2D eigenvalue weighted by Crippen LogP contribution is 2.40. The first-order valence-electron chi connectivity index (χ1n) is 5.45. The molecule has 0 aromatic heterocycles. The minimum absolute atomic E-state index is 0.116. The van der Waals surface area contributed by atoms with Crippen LogP contribution >= 0.6 is 0 Å². The van der Waals surface area contributed by atoms with Crippen molar-refractivity contribution in [1.29, 1.82) is 0 Å². The number of carbonyl (C=O) groups is 1. The van der Waals surface area contributed by atoms with Crippen molar-refractivity contribution >= 4 is 5.91 Å². The predicted molar refractivity (Wildman–Crippen MR) is 57.4 cm³/mol. The summed E-state index contributed by atoms with van der Waals surface area (Å²) in [4.78, 5) is 11.4. The normalized spacial score (nSPS) is 19.9. The lowest BCUT2D eigenvalue weighted by Gasteiger charge is -2.34. The molecule has 14 heavy (non-hydrogen) atoms. The molecule has 1 rings (SSSR count). The van der Waals surface area contributed by atoms with Gasteiger partial charge in [0.05, 0.1) is 0 Å². The molecule has 0 aliphatic heterocycles. The van der Waals surface area contributed by atoms with Crippen molar-refractivity contribution in [2.24, 2.45) is 11.1 Å². The van der Waals surface area contributed by atoms with Crippen molar-refractivity contribution in [1.82, 2.24) is 0 Å². The van der Waals surface area contributed by atoms with Crippen molar-refractivity contribution in [3.63, 3.8) is 0 Å². The molecule has 1 saturated carbocycles. The van der Waals surface area contributed by atoms with Gasteiger partial charge in [-0.15, -0.1) is 12.3 Å². The Morgan fingerprint density at radius 1 is 1.36 bits per heavy atom. The van der Waals surface area contributed by atoms with Crippen molar-refractivity contribution in [3.05, 3.63) is 0 Å². The van der Waals surface area contributed by atoms with E-state index in [2.05, 4.69) is 5.92 Å². The standard InChI is InChI=1S/C12H19NO/c1-2-3-5-8-12(11(13)14)9-6-4-7-10-12/h1H,3-10H2,(H2,13,14). The van der Waals surface area contributed by atoms with Gasteiger partial charge in [-0.05, 0) is 25.7 Å². The Hall–Kier alpha value is -0.970. The van der Waals surface area contributed by atoms with Crippen LogP contribution in [0.5, 0.6) is 0 Å². The van der Waals surface area contributed by atoms with Crippen molar-refractivity contribution in [3.8, 4) is 12.3 Å². The second-order valence-corrected chi connectivity index (χ2v) is 4.26. The molecule has 0 saturated heterocycles. The first-order chi connectivity index (χ1) is 6.71. The summed E-state index contributed by atoms with van der Waals surface area (Å²) in [6, 6.07) is 0. The minimum Gasteiger partial charge on any atom is -0.369 e. The van der Waals surface area contributed by atoms with Crippen LogP contribution in [0.1, 0.15) is 51.4 Å². The molecule has 2 nitrogen and oxygen atoms in total. The predicted octanol–water partition coefficient (Wildman–Crippen LogP) is 2.23. The van der Waals surface area contributed by atoms with E-state index in [0.717, 1.165) is 44.9 Å². The van der Waals surface area contributed by atoms with E-state index in [0.29, 0.717) is 0 Å². The number of terminal acetylenes is 1. The zero-order chi connectivity index (χ0) is 10.4. The summed E-state index contributed by atoms with van der Waals surface area (Å²) in [5, 5.41) is 0. The molecule has 0 spiro atoms.